The Morgan fingerprint density at radius 2 is 1.73 bits per heavy atom. The zero-order chi connectivity index (χ0) is 31.6. The van der Waals surface area contributed by atoms with E-state index in [1.54, 1.807) is 12.0 Å². The average Bonchev–Trinajstić information content (AvgIpc) is 3.36. The van der Waals surface area contributed by atoms with E-state index < -0.39 is 24.2 Å². The molecule has 1 heterocycles. The molecule has 0 spiro atoms. The number of carbonyl (C=O) groups excluding carboxylic acids is 1. The van der Waals surface area contributed by atoms with Crippen molar-refractivity contribution in [3.8, 4) is 0 Å². The standard InChI is InChI=1S/C36H54N4O4/c1-24-30-18-29(36(30,3)4)19-31(24)37-35(43)34-33(25(2)42)32(23-41)44-40(34)22-28-14-10-13-27(17-28)21-39(16-15-38(5)6)20-26-11-8-7-9-12-26/h7-14,17,24-25,29-34,41-42H,15-16,18-23H2,1-6H3,(H,37,43)/t24-,25-,29+,30-,31-,32-,33+,34-/m0/s1. The summed E-state index contributed by atoms with van der Waals surface area (Å²) in [6.07, 6.45) is 0.786. The molecule has 3 N–H and O–H groups in total. The van der Waals surface area contributed by atoms with Crippen LogP contribution in [-0.2, 0) is 29.3 Å². The topological polar surface area (TPSA) is 88.5 Å². The second kappa shape index (κ2) is 14.0. The number of benzene rings is 2. The van der Waals surface area contributed by atoms with Crippen molar-refractivity contribution in [1.29, 1.82) is 0 Å². The molecule has 1 aliphatic heterocycles. The van der Waals surface area contributed by atoms with Crippen molar-refractivity contribution in [3.63, 3.8) is 0 Å². The largest absolute Gasteiger partial charge is 0.394 e. The van der Waals surface area contributed by atoms with Gasteiger partial charge in [0.2, 0.25) is 5.91 Å². The van der Waals surface area contributed by atoms with E-state index in [-0.39, 0.29) is 18.6 Å². The minimum atomic E-state index is -0.807. The highest BCUT2D eigenvalue weighted by atomic mass is 16.7. The maximum atomic E-state index is 14.0. The Morgan fingerprint density at radius 1 is 1.05 bits per heavy atom. The molecule has 0 radical (unpaired) electrons. The molecule has 8 nitrogen and oxygen atoms in total. The third-order valence-electron chi connectivity index (χ3n) is 10.9. The number of hydrogen-bond donors (Lipinski definition) is 3. The first-order chi connectivity index (χ1) is 21.0. The number of amides is 1. The SMILES string of the molecule is C[C@@H]1[C@@H](NC(=O)[C@@H]2[C@H]([C@H](C)O)[C@H](CO)ON2Cc2cccc(CN(CCN(C)C)Cc3ccccc3)c2)C[C@H]2C[C@@H]1C2(C)C. The number of aliphatic hydroxyl groups is 2. The van der Waals surface area contributed by atoms with Crippen LogP contribution in [0, 0.1) is 29.1 Å². The molecule has 242 valence electrons. The number of hydrogen-bond acceptors (Lipinski definition) is 7. The molecule has 3 aliphatic carbocycles. The Morgan fingerprint density at radius 3 is 2.36 bits per heavy atom. The Bertz CT molecular complexity index is 1240. The predicted octanol–water partition coefficient (Wildman–Crippen LogP) is 3.91. The zero-order valence-electron chi connectivity index (χ0n) is 27.5. The molecule has 2 bridgehead atoms. The third kappa shape index (κ3) is 7.22. The third-order valence-corrected chi connectivity index (χ3v) is 10.9. The Labute approximate surface area is 264 Å². The maximum absolute atomic E-state index is 14.0. The Balaban J connectivity index is 1.30. The molecule has 44 heavy (non-hydrogen) atoms. The van der Waals surface area contributed by atoms with Gasteiger partial charge in [-0.25, -0.2) is 0 Å². The Kier molecular flexibility index (Phi) is 10.5. The number of aliphatic hydroxyl groups excluding tert-OH is 2. The lowest BCUT2D eigenvalue weighted by Gasteiger charge is -2.62. The van der Waals surface area contributed by atoms with Gasteiger partial charge in [-0.1, -0.05) is 75.4 Å². The van der Waals surface area contributed by atoms with Gasteiger partial charge < -0.3 is 20.4 Å². The number of nitrogens with one attached hydrogen (secondary N) is 1. The van der Waals surface area contributed by atoms with Gasteiger partial charge in [-0.2, -0.15) is 5.06 Å². The predicted molar refractivity (Wildman–Crippen MR) is 173 cm³/mol. The van der Waals surface area contributed by atoms with E-state index in [0.717, 1.165) is 38.2 Å². The first kappa shape index (κ1) is 33.0. The van der Waals surface area contributed by atoms with Gasteiger partial charge in [0.1, 0.15) is 12.1 Å². The number of hydroxylamine groups is 2. The van der Waals surface area contributed by atoms with E-state index in [1.807, 2.05) is 6.07 Å². The summed E-state index contributed by atoms with van der Waals surface area (Å²) in [5.41, 5.74) is 3.85. The highest BCUT2D eigenvalue weighted by molar-refractivity contribution is 5.82. The fourth-order valence-electron chi connectivity index (χ4n) is 8.15. The molecule has 8 atom stereocenters. The second-order valence-corrected chi connectivity index (χ2v) is 14.6. The van der Waals surface area contributed by atoms with E-state index in [9.17, 15) is 15.0 Å². The van der Waals surface area contributed by atoms with Gasteiger partial charge in [-0.15, -0.1) is 0 Å². The zero-order valence-corrected chi connectivity index (χ0v) is 27.5. The summed E-state index contributed by atoms with van der Waals surface area (Å²) in [6.45, 7) is 12.4. The summed E-state index contributed by atoms with van der Waals surface area (Å²) in [5.74, 6) is 1.00. The van der Waals surface area contributed by atoms with E-state index in [0.29, 0.717) is 29.7 Å². The van der Waals surface area contributed by atoms with Crippen molar-refractivity contribution >= 4 is 5.91 Å². The van der Waals surface area contributed by atoms with Crippen molar-refractivity contribution in [2.75, 3.05) is 33.8 Å². The average molecular weight is 607 g/mol. The quantitative estimate of drug-likeness (QED) is 0.319. The van der Waals surface area contributed by atoms with Crippen LogP contribution < -0.4 is 5.32 Å². The van der Waals surface area contributed by atoms with E-state index >= 15 is 0 Å². The van der Waals surface area contributed by atoms with Gasteiger partial charge >= 0.3 is 0 Å². The monoisotopic (exact) mass is 606 g/mol. The smallest absolute Gasteiger partial charge is 0.240 e. The molecule has 6 rings (SSSR count). The molecule has 1 saturated heterocycles. The number of rotatable bonds is 13. The first-order valence-corrected chi connectivity index (χ1v) is 16.5. The van der Waals surface area contributed by atoms with Crippen molar-refractivity contribution in [2.45, 2.75) is 84.5 Å². The van der Waals surface area contributed by atoms with Crippen molar-refractivity contribution < 1.29 is 19.8 Å². The van der Waals surface area contributed by atoms with Crippen LogP contribution in [0.15, 0.2) is 54.6 Å². The van der Waals surface area contributed by atoms with Crippen LogP contribution in [0.2, 0.25) is 0 Å². The fraction of sp³-hybridized carbons (Fsp3) is 0.639. The molecular formula is C36H54N4O4. The van der Waals surface area contributed by atoms with Gasteiger partial charge in [0, 0.05) is 38.1 Å². The van der Waals surface area contributed by atoms with Gasteiger partial charge in [-0.05, 0) is 73.7 Å². The highest BCUT2D eigenvalue weighted by Gasteiger charge is 2.57. The number of carbonyl (C=O) groups is 1. The Hall–Kier alpha value is -2.33. The van der Waals surface area contributed by atoms with Crippen molar-refractivity contribution in [3.05, 3.63) is 71.3 Å². The molecule has 2 aromatic carbocycles. The van der Waals surface area contributed by atoms with Crippen LogP contribution in [0.4, 0.5) is 0 Å². The molecule has 8 heteroatoms. The van der Waals surface area contributed by atoms with Crippen LogP contribution >= 0.6 is 0 Å². The molecule has 4 fully saturated rings. The van der Waals surface area contributed by atoms with Crippen LogP contribution in [0.5, 0.6) is 0 Å². The fourth-order valence-corrected chi connectivity index (χ4v) is 8.15. The minimum absolute atomic E-state index is 0.114. The molecule has 4 aliphatic rings. The normalized spacial score (nSPS) is 30.4. The lowest BCUT2D eigenvalue weighted by molar-refractivity contribution is -0.183. The summed E-state index contributed by atoms with van der Waals surface area (Å²) < 4.78 is 0. The summed E-state index contributed by atoms with van der Waals surface area (Å²) in [4.78, 5) is 24.9. The molecular weight excluding hydrogens is 552 g/mol. The van der Waals surface area contributed by atoms with Crippen LogP contribution in [0.3, 0.4) is 0 Å². The summed E-state index contributed by atoms with van der Waals surface area (Å²) >= 11 is 0. The van der Waals surface area contributed by atoms with Crippen LogP contribution in [-0.4, -0.2) is 89.1 Å². The molecule has 2 aromatic rings. The lowest BCUT2D eigenvalue weighted by atomic mass is 9.45. The summed E-state index contributed by atoms with van der Waals surface area (Å²) in [6, 6.07) is 18.4. The molecule has 1 amide bonds. The van der Waals surface area contributed by atoms with Crippen molar-refractivity contribution in [1.82, 2.24) is 20.2 Å². The first-order valence-electron chi connectivity index (χ1n) is 16.5. The number of likely N-dealkylation sites (N-methyl/N-ethyl adjacent to an activating group) is 1. The van der Waals surface area contributed by atoms with E-state index in [4.69, 9.17) is 4.84 Å². The lowest BCUT2D eigenvalue weighted by Crippen LogP contribution is -2.62. The van der Waals surface area contributed by atoms with E-state index in [2.05, 4.69) is 98.5 Å². The molecule has 0 unspecified atom stereocenters. The minimum Gasteiger partial charge on any atom is -0.394 e. The van der Waals surface area contributed by atoms with Crippen molar-refractivity contribution in [2.24, 2.45) is 29.1 Å². The number of fused-ring (bicyclic) bond motifs is 2. The summed E-state index contributed by atoms with van der Waals surface area (Å²) in [5, 5.41) is 26.0. The molecule has 3 saturated carbocycles. The maximum Gasteiger partial charge on any atom is 0.240 e. The van der Waals surface area contributed by atoms with E-state index in [1.165, 1.54) is 17.5 Å². The highest BCUT2D eigenvalue weighted by Crippen LogP contribution is 2.61. The van der Waals surface area contributed by atoms with Crippen LogP contribution in [0.1, 0.15) is 57.2 Å². The van der Waals surface area contributed by atoms with Crippen LogP contribution in [0.25, 0.3) is 0 Å². The molecule has 0 aromatic heterocycles. The summed E-state index contributed by atoms with van der Waals surface area (Å²) in [7, 11) is 4.20. The van der Waals surface area contributed by atoms with Gasteiger partial charge in [0.25, 0.3) is 0 Å². The van der Waals surface area contributed by atoms with Gasteiger partial charge in [-0.3, -0.25) is 14.5 Å². The second-order valence-electron chi connectivity index (χ2n) is 14.6. The number of nitrogens with zero attached hydrogens (tertiary/aromatic N) is 3. The van der Waals surface area contributed by atoms with Gasteiger partial charge in [0.05, 0.1) is 19.3 Å². The van der Waals surface area contributed by atoms with Gasteiger partial charge in [0.15, 0.2) is 0 Å².